The molecule has 162 valence electrons. The molecule has 0 unspecified atom stereocenters. The molecule has 4 rings (SSSR count). The third-order valence-corrected chi connectivity index (χ3v) is 6.19. The molecule has 0 aromatic heterocycles. The Bertz CT molecular complexity index is 1110. The molecule has 0 aliphatic carbocycles. The van der Waals surface area contributed by atoms with Crippen molar-refractivity contribution in [3.05, 3.63) is 118 Å². The molecule has 4 aromatic rings. The van der Waals surface area contributed by atoms with E-state index >= 15 is 0 Å². The molecule has 2 nitrogen and oxygen atoms in total. The molecule has 0 amide bonds. The van der Waals surface area contributed by atoms with Gasteiger partial charge < -0.3 is 9.47 Å². The van der Waals surface area contributed by atoms with Gasteiger partial charge in [-0.3, -0.25) is 0 Å². The lowest BCUT2D eigenvalue weighted by molar-refractivity contribution is 0.482. The van der Waals surface area contributed by atoms with Crippen molar-refractivity contribution in [2.24, 2.45) is 0 Å². The lowest BCUT2D eigenvalue weighted by Crippen LogP contribution is -1.96. The standard InChI is InChI=1S/C30H30O2/c1-20-6-12-29(18-22(20)3)31-27-14-8-25(9-15-27)24(5)26-10-16-28(17-11-26)32-30-13-7-21(2)23(4)19-30/h6-19,24H,1-5H3. The largest absolute Gasteiger partial charge is 0.457 e. The maximum Gasteiger partial charge on any atom is 0.127 e. The van der Waals surface area contributed by atoms with Crippen LogP contribution in [-0.2, 0) is 0 Å². The first-order valence-corrected chi connectivity index (χ1v) is 11.1. The van der Waals surface area contributed by atoms with E-state index in [4.69, 9.17) is 9.47 Å². The molecule has 0 aliphatic heterocycles. The zero-order valence-corrected chi connectivity index (χ0v) is 19.5. The summed E-state index contributed by atoms with van der Waals surface area (Å²) >= 11 is 0. The summed E-state index contributed by atoms with van der Waals surface area (Å²) in [5.41, 5.74) is 7.51. The van der Waals surface area contributed by atoms with E-state index in [-0.39, 0.29) is 5.92 Å². The van der Waals surface area contributed by atoms with E-state index in [1.807, 2.05) is 36.4 Å². The van der Waals surface area contributed by atoms with Crippen LogP contribution in [0.15, 0.2) is 84.9 Å². The third-order valence-electron chi connectivity index (χ3n) is 6.19. The summed E-state index contributed by atoms with van der Waals surface area (Å²) in [6, 6.07) is 29.1. The maximum absolute atomic E-state index is 6.03. The SMILES string of the molecule is Cc1ccc(Oc2ccc(C(C)c3ccc(Oc4ccc(C)c(C)c4)cc3)cc2)cc1C. The highest BCUT2D eigenvalue weighted by molar-refractivity contribution is 5.42. The van der Waals surface area contributed by atoms with Crippen LogP contribution in [0.25, 0.3) is 0 Å². The van der Waals surface area contributed by atoms with Crippen LogP contribution in [0.5, 0.6) is 23.0 Å². The van der Waals surface area contributed by atoms with Gasteiger partial charge >= 0.3 is 0 Å². The predicted octanol–water partition coefficient (Wildman–Crippen LogP) is 8.66. The molecule has 0 heterocycles. The van der Waals surface area contributed by atoms with E-state index in [1.165, 1.54) is 33.4 Å². The molecule has 0 fully saturated rings. The first kappa shape index (κ1) is 21.7. The summed E-state index contributed by atoms with van der Waals surface area (Å²) in [7, 11) is 0. The number of benzene rings is 4. The smallest absolute Gasteiger partial charge is 0.127 e. The fourth-order valence-electron chi connectivity index (χ4n) is 3.67. The van der Waals surface area contributed by atoms with Gasteiger partial charge in [0.15, 0.2) is 0 Å². The van der Waals surface area contributed by atoms with Gasteiger partial charge in [0.2, 0.25) is 0 Å². The van der Waals surface area contributed by atoms with Crippen molar-refractivity contribution in [1.82, 2.24) is 0 Å². The zero-order chi connectivity index (χ0) is 22.7. The molecule has 0 radical (unpaired) electrons. The molecule has 0 saturated heterocycles. The maximum atomic E-state index is 6.03. The van der Waals surface area contributed by atoms with Crippen molar-refractivity contribution in [3.8, 4) is 23.0 Å². The molecule has 4 aromatic carbocycles. The summed E-state index contributed by atoms with van der Waals surface area (Å²) in [4.78, 5) is 0. The molecule has 32 heavy (non-hydrogen) atoms. The van der Waals surface area contributed by atoms with Crippen LogP contribution < -0.4 is 9.47 Å². The lowest BCUT2D eigenvalue weighted by Gasteiger charge is -2.15. The average molecular weight is 423 g/mol. The first-order chi connectivity index (χ1) is 15.4. The number of rotatable bonds is 6. The van der Waals surface area contributed by atoms with Crippen LogP contribution in [0, 0.1) is 27.7 Å². The predicted molar refractivity (Wildman–Crippen MR) is 132 cm³/mol. The van der Waals surface area contributed by atoms with Crippen molar-refractivity contribution in [1.29, 1.82) is 0 Å². The van der Waals surface area contributed by atoms with E-state index in [2.05, 4.69) is 83.1 Å². The van der Waals surface area contributed by atoms with E-state index in [0.717, 1.165) is 23.0 Å². The summed E-state index contributed by atoms with van der Waals surface area (Å²) in [5, 5.41) is 0. The minimum absolute atomic E-state index is 0.279. The Balaban J connectivity index is 1.42. The van der Waals surface area contributed by atoms with E-state index in [0.29, 0.717) is 0 Å². The van der Waals surface area contributed by atoms with Gasteiger partial charge in [0.25, 0.3) is 0 Å². The normalized spacial score (nSPS) is 10.9. The second-order valence-electron chi connectivity index (χ2n) is 8.56. The van der Waals surface area contributed by atoms with Gasteiger partial charge in [0.1, 0.15) is 23.0 Å². The summed E-state index contributed by atoms with van der Waals surface area (Å²) in [6.07, 6.45) is 0. The minimum Gasteiger partial charge on any atom is -0.457 e. The number of hydrogen-bond donors (Lipinski definition) is 0. The number of aryl methyl sites for hydroxylation is 4. The summed E-state index contributed by atoms with van der Waals surface area (Å²) < 4.78 is 12.1. The molecule has 0 saturated carbocycles. The monoisotopic (exact) mass is 422 g/mol. The van der Waals surface area contributed by atoms with Gasteiger partial charge in [-0.05, 0) is 110 Å². The quantitative estimate of drug-likeness (QED) is 0.309. The van der Waals surface area contributed by atoms with E-state index < -0.39 is 0 Å². The molecular formula is C30H30O2. The van der Waals surface area contributed by atoms with Gasteiger partial charge in [0, 0.05) is 5.92 Å². The Labute approximate surface area is 191 Å². The highest BCUT2D eigenvalue weighted by Crippen LogP contribution is 2.30. The Morgan fingerprint density at radius 3 is 1.12 bits per heavy atom. The van der Waals surface area contributed by atoms with Gasteiger partial charge in [-0.1, -0.05) is 43.3 Å². The Morgan fingerprint density at radius 2 is 0.781 bits per heavy atom. The summed E-state index contributed by atoms with van der Waals surface area (Å²) in [5.74, 6) is 3.71. The van der Waals surface area contributed by atoms with Crippen molar-refractivity contribution in [2.45, 2.75) is 40.5 Å². The van der Waals surface area contributed by atoms with Crippen LogP contribution in [0.3, 0.4) is 0 Å². The van der Waals surface area contributed by atoms with Gasteiger partial charge in [-0.25, -0.2) is 0 Å². The summed E-state index contributed by atoms with van der Waals surface area (Å²) in [6.45, 7) is 10.6. The molecule has 0 spiro atoms. The fraction of sp³-hybridized carbons (Fsp3) is 0.200. The Morgan fingerprint density at radius 1 is 0.438 bits per heavy atom. The lowest BCUT2D eigenvalue weighted by atomic mass is 9.93. The van der Waals surface area contributed by atoms with E-state index in [9.17, 15) is 0 Å². The van der Waals surface area contributed by atoms with Crippen molar-refractivity contribution in [2.75, 3.05) is 0 Å². The molecular weight excluding hydrogens is 392 g/mol. The van der Waals surface area contributed by atoms with Crippen LogP contribution >= 0.6 is 0 Å². The fourth-order valence-corrected chi connectivity index (χ4v) is 3.67. The number of ether oxygens (including phenoxy) is 2. The van der Waals surface area contributed by atoms with Gasteiger partial charge in [0.05, 0.1) is 0 Å². The second kappa shape index (κ2) is 9.32. The van der Waals surface area contributed by atoms with Crippen LogP contribution in [0.2, 0.25) is 0 Å². The Hall–Kier alpha value is -3.52. The average Bonchev–Trinajstić information content (AvgIpc) is 2.79. The zero-order valence-electron chi connectivity index (χ0n) is 19.5. The molecule has 0 aliphatic rings. The van der Waals surface area contributed by atoms with Crippen molar-refractivity contribution in [3.63, 3.8) is 0 Å². The molecule has 0 bridgehead atoms. The highest BCUT2D eigenvalue weighted by atomic mass is 16.5. The van der Waals surface area contributed by atoms with Crippen molar-refractivity contribution >= 4 is 0 Å². The topological polar surface area (TPSA) is 18.5 Å². The molecule has 0 N–H and O–H groups in total. The van der Waals surface area contributed by atoms with Gasteiger partial charge in [-0.2, -0.15) is 0 Å². The molecule has 0 atom stereocenters. The highest BCUT2D eigenvalue weighted by Gasteiger charge is 2.10. The van der Waals surface area contributed by atoms with Gasteiger partial charge in [-0.15, -0.1) is 0 Å². The second-order valence-corrected chi connectivity index (χ2v) is 8.56. The molecule has 2 heteroatoms. The third kappa shape index (κ3) is 5.03. The Kier molecular flexibility index (Phi) is 6.32. The van der Waals surface area contributed by atoms with Crippen LogP contribution in [-0.4, -0.2) is 0 Å². The van der Waals surface area contributed by atoms with Crippen molar-refractivity contribution < 1.29 is 9.47 Å². The first-order valence-electron chi connectivity index (χ1n) is 11.1. The van der Waals surface area contributed by atoms with Crippen LogP contribution in [0.1, 0.15) is 46.2 Å². The number of hydrogen-bond acceptors (Lipinski definition) is 2. The van der Waals surface area contributed by atoms with Crippen LogP contribution in [0.4, 0.5) is 0 Å². The van der Waals surface area contributed by atoms with E-state index in [1.54, 1.807) is 0 Å². The minimum atomic E-state index is 0.279.